The van der Waals surface area contributed by atoms with E-state index in [1.807, 2.05) is 0 Å². The van der Waals surface area contributed by atoms with Crippen molar-refractivity contribution in [1.29, 1.82) is 0 Å². The molecule has 0 bridgehead atoms. The molecule has 294 valence electrons. The maximum absolute atomic E-state index is 2.57. The molecule has 0 fully saturated rings. The molecule has 4 nitrogen and oxygen atoms in total. The first kappa shape index (κ1) is 36.8. The summed E-state index contributed by atoms with van der Waals surface area (Å²) in [5, 5.41) is 4.10. The lowest BCUT2D eigenvalue weighted by molar-refractivity contribution is 0.547. The van der Waals surface area contributed by atoms with E-state index in [1.165, 1.54) is 135 Å². The van der Waals surface area contributed by atoms with Gasteiger partial charge in [0.05, 0.1) is 27.9 Å². The average Bonchev–Trinajstić information content (AvgIpc) is 3.89. The zero-order valence-electron chi connectivity index (χ0n) is 34.8. The number of fused-ring (bicyclic) bond motifs is 9. The van der Waals surface area contributed by atoms with E-state index in [0.717, 1.165) is 32.4 Å². The van der Waals surface area contributed by atoms with Gasteiger partial charge in [0, 0.05) is 57.7 Å². The molecule has 0 spiro atoms. The van der Waals surface area contributed by atoms with Gasteiger partial charge in [-0.25, -0.2) is 0 Å². The number of para-hydroxylation sites is 2. The lowest BCUT2D eigenvalue weighted by atomic mass is 9.87. The Morgan fingerprint density at radius 2 is 1.12 bits per heavy atom. The maximum Gasteiger partial charge on any atom is 0.0709 e. The summed E-state index contributed by atoms with van der Waals surface area (Å²) < 4.78 is 7.66. The Morgan fingerprint density at radius 1 is 0.517 bits per heavy atom. The van der Waals surface area contributed by atoms with Crippen molar-refractivity contribution in [3.8, 4) is 17.1 Å². The highest BCUT2D eigenvalue weighted by molar-refractivity contribution is 6.03. The van der Waals surface area contributed by atoms with Crippen molar-refractivity contribution in [2.75, 3.05) is 18.0 Å². The van der Waals surface area contributed by atoms with Crippen LogP contribution in [0.1, 0.15) is 131 Å². The molecule has 58 heavy (non-hydrogen) atoms. The van der Waals surface area contributed by atoms with E-state index in [9.17, 15) is 0 Å². The molecule has 7 aromatic rings. The Hall–Kier alpha value is -5.48. The van der Waals surface area contributed by atoms with Crippen LogP contribution in [-0.2, 0) is 0 Å². The summed E-state index contributed by atoms with van der Waals surface area (Å²) >= 11 is 0. The molecule has 1 aliphatic heterocycles. The van der Waals surface area contributed by atoms with Gasteiger partial charge in [0.2, 0.25) is 0 Å². The third-order valence-electron chi connectivity index (χ3n) is 13.6. The standard InChI is InChI=1S/C54H58N4/c1-4-39-23-14-9-7-11-18-29-50-53(39)44-36-41(31-33-47(44)56(50)40-24-15-12-16-25-40)58-48-34-32-42(37-45(48)54-51(58)30-21-35-55(54)5-2)57-46-27-20-19-26-43(46)52-38(3)22-13-8-6-10-17-28-49(52)57/h12,15-21,24-34,36-39H,4-11,13-14,22-23,35H2,1-3H3/b28-17-,29-18-. The van der Waals surface area contributed by atoms with Crippen molar-refractivity contribution in [2.45, 2.75) is 103 Å². The number of likely N-dealkylation sites (N-methyl/N-ethyl adjacent to an activating group) is 1. The van der Waals surface area contributed by atoms with E-state index in [4.69, 9.17) is 0 Å². The summed E-state index contributed by atoms with van der Waals surface area (Å²) in [4.78, 5) is 2.57. The van der Waals surface area contributed by atoms with E-state index >= 15 is 0 Å². The number of anilines is 1. The molecule has 2 aliphatic carbocycles. The molecule has 4 heterocycles. The van der Waals surface area contributed by atoms with E-state index in [0.29, 0.717) is 11.8 Å². The quantitative estimate of drug-likeness (QED) is 0.171. The molecule has 10 rings (SSSR count). The van der Waals surface area contributed by atoms with Crippen molar-refractivity contribution in [1.82, 2.24) is 13.7 Å². The van der Waals surface area contributed by atoms with Crippen LogP contribution < -0.4 is 4.90 Å². The third-order valence-corrected chi connectivity index (χ3v) is 13.6. The maximum atomic E-state index is 2.57. The van der Waals surface area contributed by atoms with E-state index in [2.05, 4.69) is 167 Å². The Morgan fingerprint density at radius 3 is 1.86 bits per heavy atom. The summed E-state index contributed by atoms with van der Waals surface area (Å²) in [7, 11) is 0. The summed E-state index contributed by atoms with van der Waals surface area (Å²) in [5.41, 5.74) is 15.9. The lowest BCUT2D eigenvalue weighted by Gasteiger charge is -2.25. The van der Waals surface area contributed by atoms with E-state index in [-0.39, 0.29) is 0 Å². The third kappa shape index (κ3) is 6.19. The van der Waals surface area contributed by atoms with Crippen molar-refractivity contribution >= 4 is 56.6 Å². The smallest absolute Gasteiger partial charge is 0.0709 e. The molecule has 4 heteroatoms. The zero-order chi connectivity index (χ0) is 39.2. The molecule has 0 saturated heterocycles. The summed E-state index contributed by atoms with van der Waals surface area (Å²) in [5.74, 6) is 1.01. The van der Waals surface area contributed by atoms with Crippen LogP contribution in [0.5, 0.6) is 0 Å². The van der Waals surface area contributed by atoms with Gasteiger partial charge in [-0.1, -0.05) is 94.2 Å². The molecule has 0 N–H and O–H groups in total. The number of allylic oxidation sites excluding steroid dienone is 2. The topological polar surface area (TPSA) is 18.0 Å². The van der Waals surface area contributed by atoms with Crippen LogP contribution in [0.15, 0.2) is 109 Å². The van der Waals surface area contributed by atoms with Crippen molar-refractivity contribution in [3.63, 3.8) is 0 Å². The van der Waals surface area contributed by atoms with Gasteiger partial charge < -0.3 is 18.6 Å². The lowest BCUT2D eigenvalue weighted by Crippen LogP contribution is -2.25. The summed E-state index contributed by atoms with van der Waals surface area (Å²) in [6, 6.07) is 34.8. The fourth-order valence-electron chi connectivity index (χ4n) is 10.8. The molecular weight excluding hydrogens is 705 g/mol. The van der Waals surface area contributed by atoms with Crippen molar-refractivity contribution in [2.24, 2.45) is 0 Å². The average molecular weight is 763 g/mol. The normalized spacial score (nSPS) is 19.9. The highest BCUT2D eigenvalue weighted by atomic mass is 15.2. The second-order valence-corrected chi connectivity index (χ2v) is 17.1. The van der Waals surface area contributed by atoms with Crippen LogP contribution in [-0.4, -0.2) is 26.8 Å². The monoisotopic (exact) mass is 762 g/mol. The van der Waals surface area contributed by atoms with Crippen LogP contribution in [0.25, 0.3) is 68.0 Å². The van der Waals surface area contributed by atoms with Gasteiger partial charge in [0.25, 0.3) is 0 Å². The molecule has 2 atom stereocenters. The van der Waals surface area contributed by atoms with Gasteiger partial charge in [-0.3, -0.25) is 0 Å². The number of rotatable bonds is 5. The first-order valence-electron chi connectivity index (χ1n) is 22.5. The second kappa shape index (κ2) is 15.7. The predicted molar refractivity (Wildman–Crippen MR) is 250 cm³/mol. The van der Waals surface area contributed by atoms with Crippen LogP contribution in [0, 0.1) is 0 Å². The molecule has 3 aromatic heterocycles. The minimum Gasteiger partial charge on any atom is -0.366 e. The van der Waals surface area contributed by atoms with Gasteiger partial charge in [0.15, 0.2) is 0 Å². The Bertz CT molecular complexity index is 2710. The van der Waals surface area contributed by atoms with Crippen LogP contribution >= 0.6 is 0 Å². The molecular formula is C54H58N4. The van der Waals surface area contributed by atoms with Gasteiger partial charge in [-0.2, -0.15) is 0 Å². The second-order valence-electron chi connectivity index (χ2n) is 17.1. The molecule has 0 radical (unpaired) electrons. The van der Waals surface area contributed by atoms with Crippen molar-refractivity contribution < 1.29 is 0 Å². The summed E-state index contributed by atoms with van der Waals surface area (Å²) in [6.07, 6.45) is 28.1. The molecule has 0 saturated carbocycles. The van der Waals surface area contributed by atoms with E-state index < -0.39 is 0 Å². The number of aromatic nitrogens is 3. The first-order chi connectivity index (χ1) is 28.7. The molecule has 2 unspecified atom stereocenters. The summed E-state index contributed by atoms with van der Waals surface area (Å²) in [6.45, 7) is 9.02. The molecule has 4 aromatic carbocycles. The minimum atomic E-state index is 0.505. The minimum absolute atomic E-state index is 0.505. The molecule has 0 amide bonds. The zero-order valence-corrected chi connectivity index (χ0v) is 34.8. The van der Waals surface area contributed by atoms with Gasteiger partial charge in [-0.05, 0) is 148 Å². The fraction of sp³-hybridized carbons (Fsp3) is 0.333. The number of hydrogen-bond donors (Lipinski definition) is 0. The van der Waals surface area contributed by atoms with Gasteiger partial charge >= 0.3 is 0 Å². The van der Waals surface area contributed by atoms with Gasteiger partial charge in [-0.15, -0.1) is 0 Å². The Labute approximate surface area is 344 Å². The Balaban J connectivity index is 1.22. The van der Waals surface area contributed by atoms with Crippen LogP contribution in [0.2, 0.25) is 0 Å². The SMILES string of the molecule is CCC1CCCCC/C=C\c2c1c1cc(-n3c4c(c5cc(-n6c7c(c8ccccc86)C(C)CCCCC/C=C\7)ccc53)N(CC)CC=C4)ccc1n2-c1ccccc1. The highest BCUT2D eigenvalue weighted by Crippen LogP contribution is 2.45. The molecule has 3 aliphatic rings. The van der Waals surface area contributed by atoms with Crippen LogP contribution in [0.3, 0.4) is 0 Å². The van der Waals surface area contributed by atoms with Gasteiger partial charge in [0.1, 0.15) is 0 Å². The van der Waals surface area contributed by atoms with Crippen LogP contribution in [0.4, 0.5) is 5.69 Å². The first-order valence-corrected chi connectivity index (χ1v) is 22.5. The largest absolute Gasteiger partial charge is 0.366 e. The predicted octanol–water partition coefficient (Wildman–Crippen LogP) is 14.9. The number of hydrogen-bond acceptors (Lipinski definition) is 1. The number of nitrogens with zero attached hydrogens (tertiary/aromatic N) is 4. The van der Waals surface area contributed by atoms with Crippen molar-refractivity contribution in [3.05, 3.63) is 137 Å². The van der Waals surface area contributed by atoms with E-state index in [1.54, 1.807) is 0 Å². The Kier molecular flexibility index (Phi) is 9.97. The highest BCUT2D eigenvalue weighted by Gasteiger charge is 2.28. The number of benzene rings is 4. The fourth-order valence-corrected chi connectivity index (χ4v) is 10.8.